The summed E-state index contributed by atoms with van der Waals surface area (Å²) in [7, 11) is -9.76. The first kappa shape index (κ1) is 58.2. The van der Waals surface area contributed by atoms with E-state index in [2.05, 4.69) is 129 Å². The van der Waals surface area contributed by atoms with Crippen LogP contribution in [-0.2, 0) is 52.9 Å². The SMILES string of the molecule is C1CCSC1.[Au].[Au].[CH2-]P([CH2-])(O[Cl+3]([O-])([O-])[O-])(c1ccccc1)c1ccccc1.[CH2-]P([CH2-])(O[Cl+3]([O-])([O-])[O-])(c1ccccc1)c1ccccc1.c1ccc(P(c2ccccc2)c2ccccc2)cc1. The van der Waals surface area contributed by atoms with E-state index in [4.69, 9.17) is 8.15 Å². The molecule has 0 unspecified atom stereocenters. The number of thioether (sulfide) groups is 1. The van der Waals surface area contributed by atoms with E-state index in [0.29, 0.717) is 21.2 Å². The number of hydrogen-bond donors (Lipinski definition) is 0. The van der Waals surface area contributed by atoms with E-state index in [1.165, 1.54) is 40.3 Å². The zero-order valence-electron chi connectivity index (χ0n) is 35.7. The molecule has 1 saturated heterocycles. The molecule has 66 heavy (non-hydrogen) atoms. The van der Waals surface area contributed by atoms with Gasteiger partial charge in [0.15, 0.2) is 0 Å². The molecule has 2 radical (unpaired) electrons. The second-order valence-corrected chi connectivity index (χ2v) is 28.5. The molecule has 0 bridgehead atoms. The van der Waals surface area contributed by atoms with Crippen LogP contribution in [0.2, 0.25) is 0 Å². The average molecular weight is 1370 g/mol. The summed E-state index contributed by atoms with van der Waals surface area (Å²) in [6.45, 7) is 7.67. The quantitative estimate of drug-likeness (QED) is 0.106. The molecular formula is C50H51Au2Cl2O8P3S-4. The molecule has 1 fully saturated rings. The van der Waals surface area contributed by atoms with Crippen LogP contribution in [0.15, 0.2) is 212 Å². The summed E-state index contributed by atoms with van der Waals surface area (Å²) in [4.78, 5) is 0. The molecule has 0 saturated carbocycles. The van der Waals surface area contributed by atoms with Gasteiger partial charge in [0, 0.05) is 44.8 Å². The van der Waals surface area contributed by atoms with Crippen LogP contribution < -0.4 is 65.1 Å². The van der Waals surface area contributed by atoms with Crippen LogP contribution in [0.1, 0.15) is 12.8 Å². The monoisotopic (exact) mass is 1370 g/mol. The van der Waals surface area contributed by atoms with E-state index in [1.54, 1.807) is 121 Å². The van der Waals surface area contributed by atoms with E-state index in [0.717, 1.165) is 0 Å². The maximum atomic E-state index is 11.1. The van der Waals surface area contributed by atoms with Gasteiger partial charge in [-0.3, -0.25) is 0 Å². The standard InChI is InChI=1S/C18H15P.2C14H14ClO4P.C4H8S.2Au/c1-4-10-16(11-5-1)19(17-12-6-2-7-13-17)18-14-8-3-9-15-18;2*1-20(2,19-15(16,17)18,13-9-5-3-6-10-13)14-11-7-4-8-12-14;1-2-4-5-3-1;;/h1-15H;2*3-12H,1-2H2;1-4H2;;/q;2*-2;;;. The fourth-order valence-corrected chi connectivity index (χ4v) is 18.6. The smallest absolute Gasteiger partial charge is 0.0134 e. The van der Waals surface area contributed by atoms with Crippen LogP contribution >= 0.6 is 33.3 Å². The van der Waals surface area contributed by atoms with Crippen molar-refractivity contribution in [2.24, 2.45) is 0 Å². The molecule has 0 aromatic heterocycles. The van der Waals surface area contributed by atoms with Crippen molar-refractivity contribution in [2.75, 3.05) is 11.5 Å². The van der Waals surface area contributed by atoms with Gasteiger partial charge in [-0.15, -0.1) is 0 Å². The van der Waals surface area contributed by atoms with Gasteiger partial charge in [-0.2, -0.15) is 11.8 Å². The summed E-state index contributed by atoms with van der Waals surface area (Å²) in [6.07, 6.45) is 2.93. The first-order valence-electron chi connectivity index (χ1n) is 19.9. The zero-order valence-corrected chi connectivity index (χ0v) is 45.1. The van der Waals surface area contributed by atoms with Crippen molar-refractivity contribution in [1.82, 2.24) is 0 Å². The first-order chi connectivity index (χ1) is 30.4. The van der Waals surface area contributed by atoms with Gasteiger partial charge in [0.1, 0.15) is 0 Å². The van der Waals surface area contributed by atoms with Gasteiger partial charge in [-0.1, -0.05) is 91.0 Å². The summed E-state index contributed by atoms with van der Waals surface area (Å²) >= 11 is 2.07. The second kappa shape index (κ2) is 26.2. The predicted molar refractivity (Wildman–Crippen MR) is 253 cm³/mol. The molecule has 8 rings (SSSR count). The number of rotatable bonds is 11. The Morgan fingerprint density at radius 2 is 0.561 bits per heavy atom. The summed E-state index contributed by atoms with van der Waals surface area (Å²) in [6, 6.07) is 66.4. The van der Waals surface area contributed by atoms with Gasteiger partial charge in [0.05, 0.1) is 0 Å². The summed E-state index contributed by atoms with van der Waals surface area (Å²) in [5, 5.41) is 6.13. The van der Waals surface area contributed by atoms with Gasteiger partial charge >= 0.3 is 239 Å². The fraction of sp³-hybridized carbons (Fsp3) is 0.0800. The third-order valence-electron chi connectivity index (χ3n) is 9.80. The molecular weight excluding hydrogens is 1320 g/mol. The molecule has 16 heteroatoms. The molecule has 1 aliphatic heterocycles. The fourth-order valence-electron chi connectivity index (χ4n) is 6.65. The molecule has 7 aromatic carbocycles. The zero-order chi connectivity index (χ0) is 46.2. The Kier molecular flexibility index (Phi) is 23.1. The van der Waals surface area contributed by atoms with Crippen molar-refractivity contribution in [2.45, 2.75) is 12.8 Å². The number of benzene rings is 7. The van der Waals surface area contributed by atoms with E-state index >= 15 is 0 Å². The van der Waals surface area contributed by atoms with Crippen molar-refractivity contribution < 1.29 is 101 Å². The molecule has 0 amide bonds. The van der Waals surface area contributed by atoms with Crippen LogP contribution in [0.25, 0.3) is 0 Å². The van der Waals surface area contributed by atoms with Crippen molar-refractivity contribution in [1.29, 1.82) is 0 Å². The Morgan fingerprint density at radius 3 is 0.727 bits per heavy atom. The molecule has 0 atom stereocenters. The van der Waals surface area contributed by atoms with Gasteiger partial charge in [-0.05, 0) is 48.2 Å². The largest absolute Gasteiger partial charge is 0.0622 e. The number of halogens is 2. The van der Waals surface area contributed by atoms with Crippen LogP contribution in [0, 0.1) is 47.1 Å². The summed E-state index contributed by atoms with van der Waals surface area (Å²) in [5.74, 6) is 2.83. The van der Waals surface area contributed by atoms with E-state index < -0.39 is 42.1 Å². The van der Waals surface area contributed by atoms with Crippen molar-refractivity contribution in [3.05, 3.63) is 239 Å². The Morgan fingerprint density at radius 1 is 0.364 bits per heavy atom. The Hall–Kier alpha value is -2.08. The van der Waals surface area contributed by atoms with Crippen molar-refractivity contribution in [3.8, 4) is 0 Å². The van der Waals surface area contributed by atoms with Gasteiger partial charge in [-0.25, -0.2) is 0 Å². The topological polar surface area (TPSA) is 157 Å². The summed E-state index contributed by atoms with van der Waals surface area (Å²) < 4.78 is 76.6. The Labute approximate surface area is 431 Å². The number of hydrogen-bond acceptors (Lipinski definition) is 9. The van der Waals surface area contributed by atoms with Crippen LogP contribution in [-0.4, -0.2) is 11.5 Å². The Balaban J connectivity index is 0.000000245. The van der Waals surface area contributed by atoms with E-state index in [9.17, 15) is 28.0 Å². The second-order valence-electron chi connectivity index (χ2n) is 14.7. The molecule has 0 aliphatic carbocycles. The van der Waals surface area contributed by atoms with Crippen LogP contribution in [0.5, 0.6) is 0 Å². The van der Waals surface area contributed by atoms with E-state index in [1.807, 2.05) is 0 Å². The first-order valence-corrected chi connectivity index (χ1v) is 29.9. The molecule has 1 heterocycles. The maximum absolute atomic E-state index is 11.1. The van der Waals surface area contributed by atoms with Gasteiger partial charge < -0.3 is 0 Å². The minimum atomic E-state index is -4.66. The van der Waals surface area contributed by atoms with Crippen molar-refractivity contribution >= 4 is 70.5 Å². The molecule has 8 nitrogen and oxygen atoms in total. The van der Waals surface area contributed by atoms with Crippen LogP contribution in [0.3, 0.4) is 0 Å². The van der Waals surface area contributed by atoms with E-state index in [-0.39, 0.29) is 44.8 Å². The molecule has 1 aliphatic rings. The molecule has 7 aromatic rings. The molecule has 0 N–H and O–H groups in total. The summed E-state index contributed by atoms with van der Waals surface area (Å²) in [5.41, 5.74) is 0. The molecule has 360 valence electrons. The van der Waals surface area contributed by atoms with Gasteiger partial charge in [0.25, 0.3) is 0 Å². The third kappa shape index (κ3) is 16.8. The average Bonchev–Trinajstić information content (AvgIpc) is 3.89. The van der Waals surface area contributed by atoms with Crippen LogP contribution in [0.4, 0.5) is 0 Å². The molecule has 0 spiro atoms. The van der Waals surface area contributed by atoms with Gasteiger partial charge in [0.2, 0.25) is 0 Å². The van der Waals surface area contributed by atoms with Crippen molar-refractivity contribution in [3.63, 3.8) is 0 Å². The minimum absolute atomic E-state index is 0. The Bertz CT molecular complexity index is 2130. The normalized spacial score (nSPS) is 13.7. The maximum Gasteiger partial charge on any atom is -0.0134 e. The minimum Gasteiger partial charge on any atom is -0.0622 e. The third-order valence-corrected chi connectivity index (χ3v) is 23.4. The predicted octanol–water partition coefficient (Wildman–Crippen LogP) is 4.16.